The Hall–Kier alpha value is -1.81. The van der Waals surface area contributed by atoms with Crippen molar-refractivity contribution in [3.05, 3.63) is 41.0 Å². The lowest BCUT2D eigenvalue weighted by Gasteiger charge is -2.19. The van der Waals surface area contributed by atoms with Gasteiger partial charge < -0.3 is 10.1 Å². The fraction of sp³-hybridized carbons (Fsp3) is 0.333. The Kier molecular flexibility index (Phi) is 4.14. The van der Waals surface area contributed by atoms with E-state index in [0.717, 1.165) is 0 Å². The quantitative estimate of drug-likeness (QED) is 0.918. The fourth-order valence-corrected chi connectivity index (χ4v) is 1.81. The summed E-state index contributed by atoms with van der Waals surface area (Å²) >= 11 is 6.03. The Bertz CT molecular complexity index is 591. The van der Waals surface area contributed by atoms with Crippen molar-refractivity contribution in [2.45, 2.75) is 26.2 Å². The molecule has 4 nitrogen and oxygen atoms in total. The minimum atomic E-state index is 0.115. The zero-order valence-corrected chi connectivity index (χ0v) is 12.8. The van der Waals surface area contributed by atoms with E-state index < -0.39 is 0 Å². The van der Waals surface area contributed by atoms with Crippen molar-refractivity contribution in [3.8, 4) is 11.6 Å². The third kappa shape index (κ3) is 3.39. The summed E-state index contributed by atoms with van der Waals surface area (Å²) in [4.78, 5) is 8.19. The topological polar surface area (TPSA) is 47.0 Å². The van der Waals surface area contributed by atoms with Gasteiger partial charge in [-0.25, -0.2) is 4.98 Å². The largest absolute Gasteiger partial charge is 0.437 e. The number of halogens is 1. The molecule has 0 spiro atoms. The fourth-order valence-electron chi connectivity index (χ4n) is 1.68. The van der Waals surface area contributed by atoms with E-state index in [-0.39, 0.29) is 5.41 Å². The first-order valence-corrected chi connectivity index (χ1v) is 6.76. The maximum atomic E-state index is 6.03. The van der Waals surface area contributed by atoms with Crippen LogP contribution in [0, 0.1) is 0 Å². The van der Waals surface area contributed by atoms with E-state index in [1.807, 2.05) is 24.3 Å². The summed E-state index contributed by atoms with van der Waals surface area (Å²) in [7, 11) is 1.74. The standard InChI is InChI=1S/C15H18ClN3O/c1-15(2,3)10-5-7-11(8-6-10)20-13-12(16)9-18-14(17-4)19-13/h5-9H,1-4H3,(H,17,18,19). The number of hydrogen-bond acceptors (Lipinski definition) is 4. The molecule has 106 valence electrons. The molecule has 2 rings (SSSR count). The highest BCUT2D eigenvalue weighted by Gasteiger charge is 2.13. The van der Waals surface area contributed by atoms with Crippen molar-refractivity contribution >= 4 is 17.5 Å². The predicted molar refractivity (Wildman–Crippen MR) is 81.8 cm³/mol. The van der Waals surface area contributed by atoms with Crippen LogP contribution in [0.15, 0.2) is 30.5 Å². The van der Waals surface area contributed by atoms with Crippen molar-refractivity contribution in [3.63, 3.8) is 0 Å². The number of rotatable bonds is 3. The molecule has 0 aliphatic heterocycles. The van der Waals surface area contributed by atoms with E-state index in [1.54, 1.807) is 7.05 Å². The number of ether oxygens (including phenoxy) is 1. The Labute approximate surface area is 124 Å². The second-order valence-corrected chi connectivity index (χ2v) is 5.88. The molecule has 0 atom stereocenters. The van der Waals surface area contributed by atoms with Crippen LogP contribution in [0.1, 0.15) is 26.3 Å². The molecule has 0 saturated heterocycles. The molecule has 20 heavy (non-hydrogen) atoms. The lowest BCUT2D eigenvalue weighted by atomic mass is 9.87. The second kappa shape index (κ2) is 5.67. The van der Waals surface area contributed by atoms with Crippen LogP contribution < -0.4 is 10.1 Å². The van der Waals surface area contributed by atoms with Crippen molar-refractivity contribution < 1.29 is 4.74 Å². The van der Waals surface area contributed by atoms with Crippen LogP contribution in [0.2, 0.25) is 5.02 Å². The van der Waals surface area contributed by atoms with E-state index in [1.165, 1.54) is 11.8 Å². The van der Waals surface area contributed by atoms with Gasteiger partial charge in [-0.15, -0.1) is 0 Å². The second-order valence-electron chi connectivity index (χ2n) is 5.47. The average Bonchev–Trinajstić information content (AvgIpc) is 2.41. The Morgan fingerprint density at radius 1 is 1.15 bits per heavy atom. The van der Waals surface area contributed by atoms with Gasteiger partial charge in [0.05, 0.1) is 6.20 Å². The van der Waals surface area contributed by atoms with Crippen LogP contribution in [0.5, 0.6) is 11.6 Å². The van der Waals surface area contributed by atoms with Gasteiger partial charge in [0.2, 0.25) is 11.8 Å². The minimum Gasteiger partial charge on any atom is -0.437 e. The molecular weight excluding hydrogens is 274 g/mol. The van der Waals surface area contributed by atoms with Gasteiger partial charge in [-0.1, -0.05) is 44.5 Å². The monoisotopic (exact) mass is 291 g/mol. The minimum absolute atomic E-state index is 0.115. The zero-order valence-electron chi connectivity index (χ0n) is 12.1. The molecule has 2 aromatic rings. The zero-order chi connectivity index (χ0) is 14.8. The molecule has 0 radical (unpaired) electrons. The molecular formula is C15H18ClN3O. The van der Waals surface area contributed by atoms with Crippen molar-refractivity contribution in [2.75, 3.05) is 12.4 Å². The first kappa shape index (κ1) is 14.6. The van der Waals surface area contributed by atoms with Gasteiger partial charge in [0.25, 0.3) is 0 Å². The summed E-state index contributed by atoms with van der Waals surface area (Å²) in [5, 5.41) is 3.23. The molecule has 0 bridgehead atoms. The smallest absolute Gasteiger partial charge is 0.243 e. The highest BCUT2D eigenvalue weighted by molar-refractivity contribution is 6.31. The maximum Gasteiger partial charge on any atom is 0.243 e. The normalized spacial score (nSPS) is 11.2. The van der Waals surface area contributed by atoms with Gasteiger partial charge in [0, 0.05) is 7.05 Å². The third-order valence-electron chi connectivity index (χ3n) is 2.87. The molecule has 0 amide bonds. The number of hydrogen-bond donors (Lipinski definition) is 1. The maximum absolute atomic E-state index is 6.03. The van der Waals surface area contributed by atoms with Crippen molar-refractivity contribution in [1.29, 1.82) is 0 Å². The molecule has 1 heterocycles. The third-order valence-corrected chi connectivity index (χ3v) is 3.13. The lowest BCUT2D eigenvalue weighted by Crippen LogP contribution is -2.10. The summed E-state index contributed by atoms with van der Waals surface area (Å²) in [6, 6.07) is 7.92. The Morgan fingerprint density at radius 2 is 1.80 bits per heavy atom. The lowest BCUT2D eigenvalue weighted by molar-refractivity contribution is 0.461. The molecule has 0 fully saturated rings. The molecule has 1 aromatic heterocycles. The molecule has 0 aliphatic rings. The van der Waals surface area contributed by atoms with Gasteiger partial charge in [-0.05, 0) is 23.1 Å². The van der Waals surface area contributed by atoms with Gasteiger partial charge in [-0.3, -0.25) is 0 Å². The van der Waals surface area contributed by atoms with E-state index in [2.05, 4.69) is 36.1 Å². The Balaban J connectivity index is 2.22. The molecule has 1 N–H and O–H groups in total. The summed E-state index contributed by atoms with van der Waals surface area (Å²) in [5.74, 6) is 1.51. The predicted octanol–water partition coefficient (Wildman–Crippen LogP) is 4.26. The molecule has 0 aliphatic carbocycles. The summed E-state index contributed by atoms with van der Waals surface area (Å²) < 4.78 is 5.70. The molecule has 0 unspecified atom stereocenters. The van der Waals surface area contributed by atoms with Gasteiger partial charge in [-0.2, -0.15) is 4.98 Å². The number of benzene rings is 1. The summed E-state index contributed by atoms with van der Waals surface area (Å²) in [6.07, 6.45) is 1.51. The molecule has 1 aromatic carbocycles. The van der Waals surface area contributed by atoms with Crippen LogP contribution in [0.25, 0.3) is 0 Å². The van der Waals surface area contributed by atoms with Crippen LogP contribution in [-0.2, 0) is 5.41 Å². The Morgan fingerprint density at radius 3 is 2.35 bits per heavy atom. The average molecular weight is 292 g/mol. The number of nitrogens with one attached hydrogen (secondary N) is 1. The first-order chi connectivity index (χ1) is 9.40. The van der Waals surface area contributed by atoms with E-state index in [0.29, 0.717) is 22.6 Å². The van der Waals surface area contributed by atoms with Crippen LogP contribution in [-0.4, -0.2) is 17.0 Å². The van der Waals surface area contributed by atoms with Crippen LogP contribution in [0.4, 0.5) is 5.95 Å². The van der Waals surface area contributed by atoms with Crippen LogP contribution >= 0.6 is 11.6 Å². The first-order valence-electron chi connectivity index (χ1n) is 6.39. The highest BCUT2D eigenvalue weighted by Crippen LogP contribution is 2.29. The van der Waals surface area contributed by atoms with Gasteiger partial charge in [0.15, 0.2) is 0 Å². The number of nitrogens with zero attached hydrogens (tertiary/aromatic N) is 2. The van der Waals surface area contributed by atoms with Crippen LogP contribution in [0.3, 0.4) is 0 Å². The molecule has 5 heteroatoms. The number of aromatic nitrogens is 2. The SMILES string of the molecule is CNc1ncc(Cl)c(Oc2ccc(C(C)(C)C)cc2)n1. The summed E-state index contributed by atoms with van der Waals surface area (Å²) in [6.45, 7) is 6.51. The number of anilines is 1. The highest BCUT2D eigenvalue weighted by atomic mass is 35.5. The van der Waals surface area contributed by atoms with Crippen molar-refractivity contribution in [1.82, 2.24) is 9.97 Å². The van der Waals surface area contributed by atoms with Gasteiger partial charge >= 0.3 is 0 Å². The van der Waals surface area contributed by atoms with E-state index >= 15 is 0 Å². The summed E-state index contributed by atoms with van der Waals surface area (Å²) in [5.41, 5.74) is 1.36. The van der Waals surface area contributed by atoms with E-state index in [9.17, 15) is 0 Å². The molecule has 0 saturated carbocycles. The van der Waals surface area contributed by atoms with Gasteiger partial charge in [0.1, 0.15) is 10.8 Å². The van der Waals surface area contributed by atoms with Crippen molar-refractivity contribution in [2.24, 2.45) is 0 Å². The van der Waals surface area contributed by atoms with E-state index in [4.69, 9.17) is 16.3 Å².